The van der Waals surface area contributed by atoms with Crippen LogP contribution in [0, 0.1) is 17.8 Å². The predicted octanol–water partition coefficient (Wildman–Crippen LogP) is 5.73. The molecule has 5 heteroatoms. The Kier molecular flexibility index (Phi) is 8.10. The average molecular weight is 407 g/mol. The molecule has 152 valence electrons. The van der Waals surface area contributed by atoms with Crippen molar-refractivity contribution in [2.45, 2.75) is 77.7 Å². The summed E-state index contributed by atoms with van der Waals surface area (Å²) in [5, 5.41) is 9.12. The standard InChI is InChI=1S/C22H38O3Si2/c1-19(15-13-14-18-23)22(24-26(5,6)7,20-16-11-10-12-17-20)25-27(8,9)21(2,3)4/h10-12,16-17,19,23H,15,18H2,1-9H3/t19-,22-/m1/s1. The predicted molar refractivity (Wildman–Crippen MR) is 119 cm³/mol. The highest BCUT2D eigenvalue weighted by Crippen LogP contribution is 2.47. The van der Waals surface area contributed by atoms with Gasteiger partial charge in [-0.05, 0) is 37.8 Å². The van der Waals surface area contributed by atoms with Crippen molar-refractivity contribution in [2.24, 2.45) is 5.92 Å². The Morgan fingerprint density at radius 1 is 0.963 bits per heavy atom. The van der Waals surface area contributed by atoms with Crippen LogP contribution in [0.15, 0.2) is 30.3 Å². The van der Waals surface area contributed by atoms with Gasteiger partial charge in [0.2, 0.25) is 0 Å². The molecule has 0 bridgehead atoms. The lowest BCUT2D eigenvalue weighted by molar-refractivity contribution is -0.175. The van der Waals surface area contributed by atoms with Gasteiger partial charge >= 0.3 is 0 Å². The van der Waals surface area contributed by atoms with E-state index in [4.69, 9.17) is 14.0 Å². The number of aliphatic hydroxyl groups excluding tert-OH is 1. The van der Waals surface area contributed by atoms with Crippen LogP contribution in [0.1, 0.15) is 39.7 Å². The average Bonchev–Trinajstić information content (AvgIpc) is 2.52. The van der Waals surface area contributed by atoms with Crippen molar-refractivity contribution in [2.75, 3.05) is 6.61 Å². The third-order valence-electron chi connectivity index (χ3n) is 5.11. The second-order valence-corrected chi connectivity index (χ2v) is 18.9. The molecule has 0 spiro atoms. The Labute approximate surface area is 168 Å². The van der Waals surface area contributed by atoms with E-state index in [0.717, 1.165) is 5.56 Å². The van der Waals surface area contributed by atoms with E-state index in [2.05, 4.69) is 84.4 Å². The smallest absolute Gasteiger partial charge is 0.196 e. The molecule has 2 atom stereocenters. The van der Waals surface area contributed by atoms with Crippen LogP contribution in [0.3, 0.4) is 0 Å². The van der Waals surface area contributed by atoms with E-state index >= 15 is 0 Å². The van der Waals surface area contributed by atoms with Gasteiger partial charge in [-0.25, -0.2) is 0 Å². The Morgan fingerprint density at radius 2 is 1.52 bits per heavy atom. The summed E-state index contributed by atoms with van der Waals surface area (Å²) in [6.45, 7) is 19.9. The van der Waals surface area contributed by atoms with Crippen LogP contribution in [0.25, 0.3) is 0 Å². The number of hydrogen-bond donors (Lipinski definition) is 1. The van der Waals surface area contributed by atoms with Crippen molar-refractivity contribution >= 4 is 16.6 Å². The van der Waals surface area contributed by atoms with Crippen molar-refractivity contribution in [1.29, 1.82) is 0 Å². The maximum Gasteiger partial charge on any atom is 0.196 e. The monoisotopic (exact) mass is 406 g/mol. The normalized spacial score (nSPS) is 16.2. The summed E-state index contributed by atoms with van der Waals surface area (Å²) in [6, 6.07) is 10.3. The molecule has 0 aliphatic rings. The maximum absolute atomic E-state index is 9.06. The molecular weight excluding hydrogens is 368 g/mol. The third kappa shape index (κ3) is 6.58. The van der Waals surface area contributed by atoms with Crippen LogP contribution >= 0.6 is 0 Å². The second kappa shape index (κ2) is 9.06. The van der Waals surface area contributed by atoms with Crippen molar-refractivity contribution in [3.05, 3.63) is 35.9 Å². The van der Waals surface area contributed by atoms with Crippen LogP contribution in [0.4, 0.5) is 0 Å². The van der Waals surface area contributed by atoms with Crippen molar-refractivity contribution in [1.82, 2.24) is 0 Å². The number of hydrogen-bond acceptors (Lipinski definition) is 3. The summed E-state index contributed by atoms with van der Waals surface area (Å²) < 4.78 is 13.9. The molecule has 1 aromatic carbocycles. The molecule has 0 aliphatic carbocycles. The van der Waals surface area contributed by atoms with Crippen molar-refractivity contribution < 1.29 is 14.0 Å². The van der Waals surface area contributed by atoms with Gasteiger partial charge in [0.15, 0.2) is 22.4 Å². The zero-order valence-corrected chi connectivity index (χ0v) is 20.6. The fraction of sp³-hybridized carbons (Fsp3) is 0.636. The summed E-state index contributed by atoms with van der Waals surface area (Å²) >= 11 is 0. The molecule has 0 aromatic heterocycles. The lowest BCUT2D eigenvalue weighted by Gasteiger charge is -2.50. The van der Waals surface area contributed by atoms with Gasteiger partial charge in [-0.1, -0.05) is 63.9 Å². The van der Waals surface area contributed by atoms with E-state index in [1.807, 2.05) is 18.2 Å². The summed E-state index contributed by atoms with van der Waals surface area (Å²) in [4.78, 5) is 0. The lowest BCUT2D eigenvalue weighted by atomic mass is 9.91. The quantitative estimate of drug-likeness (QED) is 0.357. The summed E-state index contributed by atoms with van der Waals surface area (Å²) in [7, 11) is -4.08. The van der Waals surface area contributed by atoms with Gasteiger partial charge in [0, 0.05) is 17.9 Å². The SMILES string of the molecule is C[C@H](CC#CCO)[C@@](O[Si](C)(C)C)(O[Si](C)(C)C(C)(C)C)c1ccccc1. The molecule has 0 unspecified atom stereocenters. The van der Waals surface area contributed by atoms with Crippen molar-refractivity contribution in [3.8, 4) is 11.8 Å². The number of aliphatic hydroxyl groups is 1. The van der Waals surface area contributed by atoms with Crippen LogP contribution in [0.2, 0.25) is 37.8 Å². The molecule has 1 N–H and O–H groups in total. The fourth-order valence-corrected chi connectivity index (χ4v) is 5.48. The van der Waals surface area contributed by atoms with Gasteiger partial charge in [-0.3, -0.25) is 0 Å². The minimum atomic E-state index is -2.13. The fourth-order valence-electron chi connectivity index (χ4n) is 2.70. The first-order valence-electron chi connectivity index (χ1n) is 9.77. The molecule has 27 heavy (non-hydrogen) atoms. The van der Waals surface area contributed by atoms with Crippen molar-refractivity contribution in [3.63, 3.8) is 0 Å². The topological polar surface area (TPSA) is 38.7 Å². The van der Waals surface area contributed by atoms with Crippen LogP contribution in [-0.4, -0.2) is 28.3 Å². The van der Waals surface area contributed by atoms with E-state index in [1.165, 1.54) is 0 Å². The van der Waals surface area contributed by atoms with Crippen LogP contribution < -0.4 is 0 Å². The van der Waals surface area contributed by atoms with E-state index in [1.54, 1.807) is 0 Å². The lowest BCUT2D eigenvalue weighted by Crippen LogP contribution is -2.55. The molecule has 0 heterocycles. The number of rotatable bonds is 7. The first-order valence-corrected chi connectivity index (χ1v) is 16.1. The molecule has 0 saturated carbocycles. The Bertz CT molecular complexity index is 648. The molecule has 1 rings (SSSR count). The molecular formula is C22H38O3Si2. The Balaban J connectivity index is 3.57. The summed E-state index contributed by atoms with van der Waals surface area (Å²) in [5.41, 5.74) is 1.05. The van der Waals surface area contributed by atoms with E-state index in [9.17, 15) is 0 Å². The van der Waals surface area contributed by atoms with Gasteiger partial charge in [0.25, 0.3) is 0 Å². The molecule has 0 amide bonds. The summed E-state index contributed by atoms with van der Waals surface area (Å²) in [6.07, 6.45) is 0.606. The molecule has 0 fully saturated rings. The Morgan fingerprint density at radius 3 is 1.96 bits per heavy atom. The van der Waals surface area contributed by atoms with Gasteiger partial charge in [0.05, 0.1) is 0 Å². The molecule has 0 radical (unpaired) electrons. The Hall–Kier alpha value is -0.906. The zero-order chi connectivity index (χ0) is 20.9. The van der Waals surface area contributed by atoms with Crippen LogP contribution in [-0.2, 0) is 14.6 Å². The minimum absolute atomic E-state index is 0.0276. The highest BCUT2D eigenvalue weighted by atomic mass is 28.4. The maximum atomic E-state index is 9.06. The highest BCUT2D eigenvalue weighted by molar-refractivity contribution is 6.74. The second-order valence-electron chi connectivity index (χ2n) is 9.73. The highest BCUT2D eigenvalue weighted by Gasteiger charge is 2.50. The van der Waals surface area contributed by atoms with E-state index < -0.39 is 22.4 Å². The first-order chi connectivity index (χ1) is 12.3. The van der Waals surface area contributed by atoms with Gasteiger partial charge in [-0.2, -0.15) is 0 Å². The summed E-state index contributed by atoms with van der Waals surface area (Å²) in [5.74, 6) is 5.06. The first kappa shape index (κ1) is 24.1. The van der Waals surface area contributed by atoms with Gasteiger partial charge < -0.3 is 14.0 Å². The molecule has 3 nitrogen and oxygen atoms in total. The van der Waals surface area contributed by atoms with Gasteiger partial charge in [-0.15, -0.1) is 5.92 Å². The number of benzene rings is 1. The van der Waals surface area contributed by atoms with Gasteiger partial charge in [0.1, 0.15) is 6.61 Å². The van der Waals surface area contributed by atoms with E-state index in [0.29, 0.717) is 6.42 Å². The largest absolute Gasteiger partial charge is 0.388 e. The molecule has 0 aliphatic heterocycles. The minimum Gasteiger partial charge on any atom is -0.388 e. The molecule has 0 saturated heterocycles. The third-order valence-corrected chi connectivity index (χ3v) is 10.4. The zero-order valence-electron chi connectivity index (χ0n) is 18.6. The van der Waals surface area contributed by atoms with Crippen LogP contribution in [0.5, 0.6) is 0 Å². The van der Waals surface area contributed by atoms with E-state index in [-0.39, 0.29) is 17.6 Å². The molecule has 1 aromatic rings.